The number of nitriles is 1. The van der Waals surface area contributed by atoms with Gasteiger partial charge in [0, 0.05) is 20.1 Å². The van der Waals surface area contributed by atoms with Gasteiger partial charge in [-0.3, -0.25) is 0 Å². The minimum atomic E-state index is -0.852. The molecular weight excluding hydrogens is 194 g/mol. The van der Waals surface area contributed by atoms with Crippen molar-refractivity contribution >= 4 is 0 Å². The maximum Gasteiger partial charge on any atom is 0.154 e. The molecule has 0 saturated carbocycles. The minimum absolute atomic E-state index is 0.0786. The molecule has 0 amide bonds. The van der Waals surface area contributed by atoms with Crippen molar-refractivity contribution in [2.75, 3.05) is 20.3 Å². The van der Waals surface area contributed by atoms with Crippen molar-refractivity contribution in [3.63, 3.8) is 0 Å². The average molecular weight is 215 g/mol. The Kier molecular flexibility index (Phi) is 5.81. The predicted molar refractivity (Wildman–Crippen MR) is 57.4 cm³/mol. The number of aliphatic hydroxyl groups excluding tert-OH is 1. The molecule has 0 radical (unpaired) electrons. The van der Waals surface area contributed by atoms with Crippen molar-refractivity contribution in [2.45, 2.75) is 44.8 Å². The van der Waals surface area contributed by atoms with Crippen LogP contribution >= 0.6 is 0 Å². The van der Waals surface area contributed by atoms with Crippen LogP contribution in [0.2, 0.25) is 0 Å². The quantitative estimate of drug-likeness (QED) is 0.653. The molecule has 0 bridgehead atoms. The second-order valence-corrected chi connectivity index (χ2v) is 4.41. The largest absolute Gasteiger partial charge is 0.396 e. The van der Waals surface area contributed by atoms with Gasteiger partial charge < -0.3 is 14.6 Å². The smallest absolute Gasteiger partial charge is 0.154 e. The fourth-order valence-corrected chi connectivity index (χ4v) is 1.37. The first-order valence-corrected chi connectivity index (χ1v) is 5.10. The number of rotatable bonds is 7. The fraction of sp³-hybridized carbons (Fsp3) is 0.909. The highest BCUT2D eigenvalue weighted by Gasteiger charge is 2.33. The van der Waals surface area contributed by atoms with Crippen LogP contribution in [0, 0.1) is 11.3 Å². The summed E-state index contributed by atoms with van der Waals surface area (Å²) >= 11 is 0. The molecule has 0 rings (SSSR count). The number of ether oxygens (including phenoxy) is 2. The Morgan fingerprint density at radius 1 is 1.33 bits per heavy atom. The van der Waals surface area contributed by atoms with Gasteiger partial charge in [0.2, 0.25) is 0 Å². The van der Waals surface area contributed by atoms with Crippen molar-refractivity contribution in [1.82, 2.24) is 0 Å². The van der Waals surface area contributed by atoms with Gasteiger partial charge in [-0.05, 0) is 27.2 Å². The van der Waals surface area contributed by atoms with Gasteiger partial charge >= 0.3 is 0 Å². The van der Waals surface area contributed by atoms with E-state index in [9.17, 15) is 0 Å². The Balaban J connectivity index is 4.26. The molecule has 1 N–H and O–H groups in total. The third-order valence-electron chi connectivity index (χ3n) is 2.28. The number of hydrogen-bond acceptors (Lipinski definition) is 4. The molecule has 0 spiro atoms. The molecule has 4 heteroatoms. The van der Waals surface area contributed by atoms with Gasteiger partial charge in [-0.25, -0.2) is 0 Å². The normalized spacial score (nSPS) is 15.7. The number of aliphatic hydroxyl groups is 1. The molecule has 0 heterocycles. The zero-order valence-electron chi connectivity index (χ0n) is 10.0. The van der Waals surface area contributed by atoms with E-state index in [1.165, 1.54) is 0 Å². The first-order chi connectivity index (χ1) is 6.89. The van der Waals surface area contributed by atoms with Gasteiger partial charge in [-0.2, -0.15) is 5.26 Å². The van der Waals surface area contributed by atoms with Crippen molar-refractivity contribution in [2.24, 2.45) is 0 Å². The van der Waals surface area contributed by atoms with E-state index in [0.717, 1.165) is 0 Å². The molecule has 0 aliphatic heterocycles. The van der Waals surface area contributed by atoms with Crippen LogP contribution in [0.3, 0.4) is 0 Å². The second kappa shape index (κ2) is 6.06. The third-order valence-corrected chi connectivity index (χ3v) is 2.28. The summed E-state index contributed by atoms with van der Waals surface area (Å²) in [6, 6.07) is 2.14. The molecule has 0 aliphatic carbocycles. The Bertz CT molecular complexity index is 222. The zero-order valence-corrected chi connectivity index (χ0v) is 10.0. The maximum atomic E-state index is 9.05. The first kappa shape index (κ1) is 14.4. The monoisotopic (exact) mass is 215 g/mol. The maximum absolute atomic E-state index is 9.05. The fourth-order valence-electron chi connectivity index (χ4n) is 1.37. The molecule has 0 aromatic heterocycles. The van der Waals surface area contributed by atoms with Crippen LogP contribution in [0.15, 0.2) is 0 Å². The van der Waals surface area contributed by atoms with Crippen molar-refractivity contribution in [3.05, 3.63) is 0 Å². The van der Waals surface area contributed by atoms with Crippen LogP contribution in [-0.4, -0.2) is 36.6 Å². The van der Waals surface area contributed by atoms with Crippen LogP contribution in [-0.2, 0) is 9.47 Å². The summed E-state index contributed by atoms with van der Waals surface area (Å²) in [4.78, 5) is 0. The highest BCUT2D eigenvalue weighted by atomic mass is 16.5. The lowest BCUT2D eigenvalue weighted by molar-refractivity contribution is -0.0704. The molecule has 1 atom stereocenters. The van der Waals surface area contributed by atoms with E-state index in [0.29, 0.717) is 19.4 Å². The van der Waals surface area contributed by atoms with Crippen LogP contribution < -0.4 is 0 Å². The summed E-state index contributed by atoms with van der Waals surface area (Å²) in [5.41, 5.74) is -1.24. The molecule has 0 saturated heterocycles. The standard InChI is InChI=1S/C11H21NO3/c1-10(2,14-4)8-11(3,9-12)15-7-5-6-13/h13H,5-8H2,1-4H3. The van der Waals surface area contributed by atoms with Crippen LogP contribution in [0.25, 0.3) is 0 Å². The van der Waals surface area contributed by atoms with Gasteiger partial charge in [0.15, 0.2) is 5.60 Å². The second-order valence-electron chi connectivity index (χ2n) is 4.41. The Labute approximate surface area is 91.8 Å². The number of hydrogen-bond donors (Lipinski definition) is 1. The first-order valence-electron chi connectivity index (χ1n) is 5.10. The lowest BCUT2D eigenvalue weighted by atomic mass is 9.91. The van der Waals surface area contributed by atoms with E-state index in [1.54, 1.807) is 14.0 Å². The van der Waals surface area contributed by atoms with Gasteiger partial charge in [0.1, 0.15) is 0 Å². The summed E-state index contributed by atoms with van der Waals surface area (Å²) in [7, 11) is 1.62. The van der Waals surface area contributed by atoms with E-state index in [4.69, 9.17) is 19.8 Å². The summed E-state index contributed by atoms with van der Waals surface area (Å²) in [6.45, 7) is 6.04. The Hall–Kier alpha value is -0.630. The molecular formula is C11H21NO3. The molecule has 0 aromatic rings. The van der Waals surface area contributed by atoms with Crippen LogP contribution in [0.5, 0.6) is 0 Å². The third kappa shape index (κ3) is 5.73. The van der Waals surface area contributed by atoms with Crippen molar-refractivity contribution in [3.8, 4) is 6.07 Å². The SMILES string of the molecule is COC(C)(C)CC(C)(C#N)OCCCO. The average Bonchev–Trinajstić information content (AvgIpc) is 2.18. The van der Waals surface area contributed by atoms with Crippen molar-refractivity contribution in [1.29, 1.82) is 5.26 Å². The van der Waals surface area contributed by atoms with Gasteiger partial charge in [0.05, 0.1) is 18.3 Å². The van der Waals surface area contributed by atoms with E-state index < -0.39 is 5.60 Å². The molecule has 4 nitrogen and oxygen atoms in total. The number of methoxy groups -OCH3 is 1. The summed E-state index contributed by atoms with van der Waals surface area (Å²) < 4.78 is 10.7. The van der Waals surface area contributed by atoms with E-state index in [-0.39, 0.29) is 12.2 Å². The van der Waals surface area contributed by atoms with Gasteiger partial charge in [-0.15, -0.1) is 0 Å². The number of nitrogens with zero attached hydrogens (tertiary/aromatic N) is 1. The van der Waals surface area contributed by atoms with Gasteiger partial charge in [0.25, 0.3) is 0 Å². The molecule has 1 unspecified atom stereocenters. The van der Waals surface area contributed by atoms with E-state index in [1.807, 2.05) is 13.8 Å². The molecule has 0 aromatic carbocycles. The Morgan fingerprint density at radius 2 is 1.93 bits per heavy atom. The Morgan fingerprint density at radius 3 is 2.33 bits per heavy atom. The van der Waals surface area contributed by atoms with Crippen LogP contribution in [0.1, 0.15) is 33.6 Å². The summed E-state index contributed by atoms with van der Waals surface area (Å²) in [6.07, 6.45) is 1.04. The van der Waals surface area contributed by atoms with E-state index >= 15 is 0 Å². The lowest BCUT2D eigenvalue weighted by Gasteiger charge is -2.31. The van der Waals surface area contributed by atoms with Gasteiger partial charge in [-0.1, -0.05) is 0 Å². The predicted octanol–water partition coefficient (Wildman–Crippen LogP) is 1.48. The van der Waals surface area contributed by atoms with Crippen LogP contribution in [0.4, 0.5) is 0 Å². The summed E-state index contributed by atoms with van der Waals surface area (Å²) in [5, 5.41) is 17.7. The summed E-state index contributed by atoms with van der Waals surface area (Å²) in [5.74, 6) is 0. The highest BCUT2D eigenvalue weighted by molar-refractivity contribution is 5.01. The molecule has 0 aliphatic rings. The molecule has 88 valence electrons. The lowest BCUT2D eigenvalue weighted by Crippen LogP contribution is -2.38. The molecule has 0 fully saturated rings. The molecule has 15 heavy (non-hydrogen) atoms. The van der Waals surface area contributed by atoms with E-state index in [2.05, 4.69) is 6.07 Å². The highest BCUT2D eigenvalue weighted by Crippen LogP contribution is 2.25. The minimum Gasteiger partial charge on any atom is -0.396 e. The zero-order chi connectivity index (χ0) is 11.9. The topological polar surface area (TPSA) is 62.5 Å². The van der Waals surface area contributed by atoms with Crippen molar-refractivity contribution < 1.29 is 14.6 Å².